The van der Waals surface area contributed by atoms with Crippen LogP contribution in [0.25, 0.3) is 0 Å². The van der Waals surface area contributed by atoms with Crippen LogP contribution in [0, 0.1) is 0 Å². The van der Waals surface area contributed by atoms with E-state index >= 15 is 0 Å². The van der Waals surface area contributed by atoms with E-state index < -0.39 is 41.0 Å². The first-order valence-corrected chi connectivity index (χ1v) is 5.02. The zero-order chi connectivity index (χ0) is 15.3. The minimum atomic E-state index is -6.49. The Labute approximate surface area is 107 Å². The predicted molar refractivity (Wildman–Crippen MR) is 49.2 cm³/mol. The molecule has 0 amide bonds. The number of hydrogen-bond acceptors (Lipinski definition) is 2. The van der Waals surface area contributed by atoms with Crippen molar-refractivity contribution in [2.75, 3.05) is 6.61 Å². The highest BCUT2D eigenvalue weighted by atomic mass is 35.5. The number of carbonyl (C=O) groups is 1. The van der Waals surface area contributed by atoms with E-state index in [2.05, 4.69) is 4.74 Å². The SMILES string of the molecule is CC1(Cl)COC(C(F)(F)C(F)(F)C(F)(F)F)=CC1=O. The average Bonchev–Trinajstić information content (AvgIpc) is 2.20. The second-order valence-corrected chi connectivity index (χ2v) is 4.84. The summed E-state index contributed by atoms with van der Waals surface area (Å²) in [5.74, 6) is -15.4. The molecule has 110 valence electrons. The number of carbonyl (C=O) groups excluding carboxylic acids is 1. The third-order valence-corrected chi connectivity index (χ3v) is 2.63. The molecule has 1 rings (SSSR count). The van der Waals surface area contributed by atoms with E-state index in [4.69, 9.17) is 11.6 Å². The average molecular weight is 315 g/mol. The molecule has 1 heterocycles. The Balaban J connectivity index is 3.20. The van der Waals surface area contributed by atoms with Crippen molar-refractivity contribution in [2.24, 2.45) is 0 Å². The molecule has 0 aromatic heterocycles. The standard InChI is InChI=1S/C9H6ClF7O2/c1-6(10)3-19-5(2-4(6)18)7(11,12)8(13,14)9(15,16)17/h2H,3H2,1H3. The summed E-state index contributed by atoms with van der Waals surface area (Å²) < 4.78 is 91.5. The lowest BCUT2D eigenvalue weighted by Gasteiger charge is -2.33. The molecule has 0 aromatic carbocycles. The van der Waals surface area contributed by atoms with Gasteiger partial charge in [-0.15, -0.1) is 11.6 Å². The van der Waals surface area contributed by atoms with Gasteiger partial charge in [-0.3, -0.25) is 4.79 Å². The van der Waals surface area contributed by atoms with E-state index in [-0.39, 0.29) is 6.08 Å². The molecule has 1 unspecified atom stereocenters. The fourth-order valence-corrected chi connectivity index (χ4v) is 1.22. The van der Waals surface area contributed by atoms with Crippen molar-refractivity contribution in [2.45, 2.75) is 29.8 Å². The van der Waals surface area contributed by atoms with Crippen LogP contribution in [0.3, 0.4) is 0 Å². The first-order valence-electron chi connectivity index (χ1n) is 4.64. The molecule has 0 spiro atoms. The summed E-state index contributed by atoms with van der Waals surface area (Å²) in [7, 11) is 0. The van der Waals surface area contributed by atoms with E-state index in [0.29, 0.717) is 0 Å². The van der Waals surface area contributed by atoms with Crippen molar-refractivity contribution in [3.8, 4) is 0 Å². The maximum Gasteiger partial charge on any atom is 0.460 e. The van der Waals surface area contributed by atoms with Gasteiger partial charge in [0.1, 0.15) is 11.5 Å². The first-order chi connectivity index (χ1) is 8.23. The number of alkyl halides is 8. The summed E-state index contributed by atoms with van der Waals surface area (Å²) >= 11 is 5.47. The van der Waals surface area contributed by atoms with Gasteiger partial charge in [-0.2, -0.15) is 30.7 Å². The van der Waals surface area contributed by atoms with Crippen LogP contribution in [0.4, 0.5) is 30.7 Å². The largest absolute Gasteiger partial charge is 0.489 e. The van der Waals surface area contributed by atoms with Crippen LogP contribution in [-0.4, -0.2) is 35.3 Å². The van der Waals surface area contributed by atoms with Crippen LogP contribution in [0.15, 0.2) is 11.8 Å². The van der Waals surface area contributed by atoms with Gasteiger partial charge in [0.25, 0.3) is 0 Å². The molecular formula is C9H6ClF7O2. The fraction of sp³-hybridized carbons (Fsp3) is 0.667. The Kier molecular flexibility index (Phi) is 3.60. The van der Waals surface area contributed by atoms with Gasteiger partial charge in [-0.05, 0) is 6.92 Å². The zero-order valence-electron chi connectivity index (χ0n) is 9.12. The van der Waals surface area contributed by atoms with E-state index in [1.54, 1.807) is 0 Å². The lowest BCUT2D eigenvalue weighted by molar-refractivity contribution is -0.350. The van der Waals surface area contributed by atoms with Crippen LogP contribution in [0.5, 0.6) is 0 Å². The summed E-state index contributed by atoms with van der Waals surface area (Å²) in [6, 6.07) is 0. The second kappa shape index (κ2) is 4.26. The van der Waals surface area contributed by atoms with Gasteiger partial charge in [0.15, 0.2) is 11.5 Å². The molecular weight excluding hydrogens is 309 g/mol. The molecule has 0 saturated heterocycles. The van der Waals surface area contributed by atoms with Gasteiger partial charge in [-0.25, -0.2) is 0 Å². The van der Waals surface area contributed by atoms with Crippen molar-refractivity contribution >= 4 is 17.4 Å². The highest BCUT2D eigenvalue weighted by Gasteiger charge is 2.75. The fourth-order valence-electron chi connectivity index (χ4n) is 1.11. The van der Waals surface area contributed by atoms with Crippen LogP contribution < -0.4 is 0 Å². The van der Waals surface area contributed by atoms with Crippen LogP contribution in [0.1, 0.15) is 6.92 Å². The van der Waals surface area contributed by atoms with E-state index in [1.165, 1.54) is 0 Å². The number of halogens is 8. The monoisotopic (exact) mass is 314 g/mol. The molecule has 0 saturated carbocycles. The molecule has 2 nitrogen and oxygen atoms in total. The van der Waals surface area contributed by atoms with Crippen LogP contribution >= 0.6 is 11.6 Å². The van der Waals surface area contributed by atoms with Crippen LogP contribution in [-0.2, 0) is 9.53 Å². The Morgan fingerprint density at radius 2 is 1.68 bits per heavy atom. The maximum atomic E-state index is 13.1. The van der Waals surface area contributed by atoms with Crippen molar-refractivity contribution in [1.29, 1.82) is 0 Å². The Morgan fingerprint density at radius 1 is 1.21 bits per heavy atom. The van der Waals surface area contributed by atoms with Gasteiger partial charge in [0.2, 0.25) is 0 Å². The minimum Gasteiger partial charge on any atom is -0.489 e. The summed E-state index contributed by atoms with van der Waals surface area (Å²) in [6.45, 7) is 0.104. The van der Waals surface area contributed by atoms with Gasteiger partial charge in [0, 0.05) is 6.08 Å². The highest BCUT2D eigenvalue weighted by molar-refractivity contribution is 6.37. The quantitative estimate of drug-likeness (QED) is 0.577. The second-order valence-electron chi connectivity index (χ2n) is 4.01. The molecule has 0 N–H and O–H groups in total. The molecule has 0 radical (unpaired) electrons. The van der Waals surface area contributed by atoms with Crippen molar-refractivity contribution < 1.29 is 40.3 Å². The molecule has 0 fully saturated rings. The number of ketones is 1. The molecule has 0 aliphatic carbocycles. The van der Waals surface area contributed by atoms with Crippen molar-refractivity contribution in [1.82, 2.24) is 0 Å². The summed E-state index contributed by atoms with van der Waals surface area (Å²) in [5.41, 5.74) is 0. The molecule has 0 aromatic rings. The third kappa shape index (κ3) is 2.52. The van der Waals surface area contributed by atoms with E-state index in [1.807, 2.05) is 0 Å². The van der Waals surface area contributed by atoms with Gasteiger partial charge in [-0.1, -0.05) is 0 Å². The third-order valence-electron chi connectivity index (χ3n) is 2.33. The van der Waals surface area contributed by atoms with Crippen LogP contribution in [0.2, 0.25) is 0 Å². The normalized spacial score (nSPS) is 25.9. The maximum absolute atomic E-state index is 13.1. The topological polar surface area (TPSA) is 26.3 Å². The molecule has 1 aliphatic heterocycles. The smallest absolute Gasteiger partial charge is 0.460 e. The van der Waals surface area contributed by atoms with Crippen molar-refractivity contribution in [3.63, 3.8) is 0 Å². The first kappa shape index (κ1) is 16.1. The van der Waals surface area contributed by atoms with Crippen molar-refractivity contribution in [3.05, 3.63) is 11.8 Å². The lowest BCUT2D eigenvalue weighted by Crippen LogP contribution is -2.54. The molecule has 1 atom stereocenters. The minimum absolute atomic E-state index is 0.143. The lowest BCUT2D eigenvalue weighted by atomic mass is 10.00. The number of hydrogen-bond donors (Lipinski definition) is 0. The van der Waals surface area contributed by atoms with E-state index in [0.717, 1.165) is 6.92 Å². The predicted octanol–water partition coefficient (Wildman–Crippen LogP) is 3.30. The molecule has 0 bridgehead atoms. The Hall–Kier alpha value is -0.990. The van der Waals surface area contributed by atoms with Gasteiger partial charge >= 0.3 is 18.0 Å². The number of allylic oxidation sites excluding steroid dienone is 2. The number of rotatable bonds is 2. The Bertz CT molecular complexity index is 425. The van der Waals surface area contributed by atoms with Gasteiger partial charge < -0.3 is 4.74 Å². The summed E-state index contributed by atoms with van der Waals surface area (Å²) in [4.78, 5) is 9.42. The summed E-state index contributed by atoms with van der Waals surface area (Å²) in [6.07, 6.45) is -6.64. The molecule has 1 aliphatic rings. The number of ether oxygens (including phenoxy) is 1. The zero-order valence-corrected chi connectivity index (χ0v) is 9.88. The Morgan fingerprint density at radius 3 is 2.05 bits per heavy atom. The summed E-state index contributed by atoms with van der Waals surface area (Å²) in [5, 5.41) is 0. The highest BCUT2D eigenvalue weighted by Crippen LogP contribution is 2.50. The van der Waals surface area contributed by atoms with Gasteiger partial charge in [0.05, 0.1) is 0 Å². The molecule has 10 heteroatoms. The van der Waals surface area contributed by atoms with E-state index in [9.17, 15) is 35.5 Å². The molecule has 19 heavy (non-hydrogen) atoms.